The minimum atomic E-state index is -0.526. The number of carbonyl (C=O) groups is 1. The van der Waals surface area contributed by atoms with Crippen molar-refractivity contribution in [1.82, 2.24) is 4.90 Å². The van der Waals surface area contributed by atoms with E-state index in [0.29, 0.717) is 6.54 Å². The van der Waals surface area contributed by atoms with Gasteiger partial charge in [0.05, 0.1) is 0 Å². The molecule has 0 saturated carbocycles. The smallest absolute Gasteiger partial charge is 0.239 e. The summed E-state index contributed by atoms with van der Waals surface area (Å²) in [7, 11) is 0. The Morgan fingerprint density at radius 3 is 2.43 bits per heavy atom. The molecule has 4 N–H and O–H groups in total. The zero-order chi connectivity index (χ0) is 14.9. The average molecular weight is 316 g/mol. The van der Waals surface area contributed by atoms with Crippen molar-refractivity contribution in [2.75, 3.05) is 13.1 Å². The molecule has 2 atom stereocenters. The van der Waals surface area contributed by atoms with E-state index < -0.39 is 11.9 Å². The van der Waals surface area contributed by atoms with E-state index in [0.717, 1.165) is 18.5 Å². The summed E-state index contributed by atoms with van der Waals surface area (Å²) >= 11 is 0. The van der Waals surface area contributed by atoms with Crippen LogP contribution in [0, 0.1) is 11.2 Å². The highest BCUT2D eigenvalue weighted by molar-refractivity contribution is 5.85. The fourth-order valence-corrected chi connectivity index (χ4v) is 2.84. The van der Waals surface area contributed by atoms with E-state index in [1.165, 1.54) is 12.1 Å². The van der Waals surface area contributed by atoms with Crippen LogP contribution in [0.2, 0.25) is 0 Å². The van der Waals surface area contributed by atoms with Gasteiger partial charge in [-0.2, -0.15) is 0 Å². The maximum absolute atomic E-state index is 13.0. The second kappa shape index (κ2) is 6.73. The third-order valence-electron chi connectivity index (χ3n) is 4.16. The van der Waals surface area contributed by atoms with Crippen LogP contribution in [0.5, 0.6) is 0 Å². The first-order valence-corrected chi connectivity index (χ1v) is 6.85. The number of primary amides is 1. The molecule has 1 amide bonds. The van der Waals surface area contributed by atoms with Gasteiger partial charge in [-0.15, -0.1) is 12.4 Å². The number of carbonyl (C=O) groups excluding carboxylic acids is 1. The van der Waals surface area contributed by atoms with E-state index in [4.69, 9.17) is 11.5 Å². The first kappa shape index (κ1) is 17.9. The fourth-order valence-electron chi connectivity index (χ4n) is 2.84. The Balaban J connectivity index is 0.00000220. The quantitative estimate of drug-likeness (QED) is 0.894. The monoisotopic (exact) mass is 315 g/mol. The normalized spacial score (nSPS) is 23.1. The number of amides is 1. The second-order valence-electron chi connectivity index (χ2n) is 6.21. The van der Waals surface area contributed by atoms with Crippen molar-refractivity contribution in [3.8, 4) is 0 Å². The summed E-state index contributed by atoms with van der Waals surface area (Å²) in [5.41, 5.74) is 12.3. The van der Waals surface area contributed by atoms with Gasteiger partial charge in [-0.3, -0.25) is 9.69 Å². The van der Waals surface area contributed by atoms with Crippen LogP contribution >= 0.6 is 12.4 Å². The van der Waals surface area contributed by atoms with Gasteiger partial charge in [0.25, 0.3) is 0 Å². The molecule has 1 aliphatic heterocycles. The van der Waals surface area contributed by atoms with Crippen molar-refractivity contribution in [2.45, 2.75) is 32.4 Å². The van der Waals surface area contributed by atoms with Crippen LogP contribution in [0.25, 0.3) is 0 Å². The molecule has 1 saturated heterocycles. The molecule has 1 fully saturated rings. The summed E-state index contributed by atoms with van der Waals surface area (Å²) in [5, 5.41) is 0. The van der Waals surface area contributed by atoms with Crippen LogP contribution < -0.4 is 11.5 Å². The molecule has 0 spiro atoms. The maximum atomic E-state index is 13.0. The number of hydrogen-bond acceptors (Lipinski definition) is 3. The molecule has 1 aromatic carbocycles. The van der Waals surface area contributed by atoms with Crippen LogP contribution in [-0.2, 0) is 4.79 Å². The molecule has 1 heterocycles. The molecule has 0 aromatic heterocycles. The number of piperidine rings is 1. The maximum Gasteiger partial charge on any atom is 0.239 e. The van der Waals surface area contributed by atoms with Crippen molar-refractivity contribution >= 4 is 18.3 Å². The van der Waals surface area contributed by atoms with Crippen LogP contribution in [0.4, 0.5) is 4.39 Å². The molecule has 118 valence electrons. The van der Waals surface area contributed by atoms with E-state index in [1.807, 2.05) is 4.90 Å². The highest BCUT2D eigenvalue weighted by atomic mass is 35.5. The molecule has 1 aromatic rings. The van der Waals surface area contributed by atoms with Gasteiger partial charge >= 0.3 is 0 Å². The van der Waals surface area contributed by atoms with E-state index in [-0.39, 0.29) is 29.7 Å². The van der Waals surface area contributed by atoms with Crippen molar-refractivity contribution in [3.63, 3.8) is 0 Å². The molecule has 0 bridgehead atoms. The Bertz CT molecular complexity index is 492. The zero-order valence-corrected chi connectivity index (χ0v) is 13.2. The lowest BCUT2D eigenvalue weighted by Crippen LogP contribution is -2.54. The molecular weight excluding hydrogens is 293 g/mol. The first-order chi connectivity index (χ1) is 9.31. The second-order valence-corrected chi connectivity index (χ2v) is 6.21. The SMILES string of the molecule is CC1(C)CN(C(C(N)=O)c2ccc(F)cc2)CCC1N.Cl. The van der Waals surface area contributed by atoms with Crippen molar-refractivity contribution < 1.29 is 9.18 Å². The van der Waals surface area contributed by atoms with Gasteiger partial charge in [0.15, 0.2) is 0 Å². The Labute approximate surface area is 131 Å². The molecule has 0 aliphatic carbocycles. The molecule has 2 rings (SSSR count). The standard InChI is InChI=1S/C15H22FN3O.ClH/c1-15(2)9-19(8-7-12(15)17)13(14(18)20)10-3-5-11(16)6-4-10;/h3-6,12-13H,7-9,17H2,1-2H3,(H2,18,20);1H. The lowest BCUT2D eigenvalue weighted by atomic mass is 9.79. The Hall–Kier alpha value is -1.17. The summed E-state index contributed by atoms with van der Waals surface area (Å²) in [6.45, 7) is 5.59. The van der Waals surface area contributed by atoms with Crippen molar-refractivity contribution in [2.24, 2.45) is 16.9 Å². The van der Waals surface area contributed by atoms with Crippen LogP contribution in [-0.4, -0.2) is 29.9 Å². The number of hydrogen-bond donors (Lipinski definition) is 2. The lowest BCUT2D eigenvalue weighted by molar-refractivity contribution is -0.125. The van der Waals surface area contributed by atoms with Crippen molar-refractivity contribution in [1.29, 1.82) is 0 Å². The molecule has 4 nitrogen and oxygen atoms in total. The number of nitrogens with two attached hydrogens (primary N) is 2. The van der Waals surface area contributed by atoms with Gasteiger partial charge in [0.1, 0.15) is 11.9 Å². The van der Waals surface area contributed by atoms with E-state index in [9.17, 15) is 9.18 Å². The molecule has 6 heteroatoms. The summed E-state index contributed by atoms with van der Waals surface area (Å²) in [6, 6.07) is 5.53. The predicted octanol–water partition coefficient (Wildman–Crippen LogP) is 1.83. The van der Waals surface area contributed by atoms with E-state index >= 15 is 0 Å². The van der Waals surface area contributed by atoms with Gasteiger partial charge in [-0.25, -0.2) is 4.39 Å². The number of rotatable bonds is 3. The Kier molecular flexibility index (Phi) is 5.73. The van der Waals surface area contributed by atoms with Gasteiger partial charge in [0.2, 0.25) is 5.91 Å². The molecule has 0 radical (unpaired) electrons. The Morgan fingerprint density at radius 1 is 1.38 bits per heavy atom. The molecule has 1 aliphatic rings. The third-order valence-corrected chi connectivity index (χ3v) is 4.16. The van der Waals surface area contributed by atoms with Crippen LogP contribution in [0.1, 0.15) is 31.9 Å². The number of benzene rings is 1. The van der Waals surface area contributed by atoms with Gasteiger partial charge in [0, 0.05) is 19.1 Å². The van der Waals surface area contributed by atoms with Gasteiger partial charge in [-0.1, -0.05) is 26.0 Å². The van der Waals surface area contributed by atoms with Gasteiger partial charge < -0.3 is 11.5 Å². The highest BCUT2D eigenvalue weighted by Gasteiger charge is 2.38. The van der Waals surface area contributed by atoms with E-state index in [2.05, 4.69) is 13.8 Å². The summed E-state index contributed by atoms with van der Waals surface area (Å²) in [4.78, 5) is 13.9. The van der Waals surface area contributed by atoms with Gasteiger partial charge in [-0.05, 0) is 29.5 Å². The zero-order valence-electron chi connectivity index (χ0n) is 12.4. The third kappa shape index (κ3) is 3.93. The number of likely N-dealkylation sites (tertiary alicyclic amines) is 1. The summed E-state index contributed by atoms with van der Waals surface area (Å²) in [5.74, 6) is -0.735. The minimum absolute atomic E-state index is 0. The molecular formula is C15H23ClFN3O. The van der Waals surface area contributed by atoms with Crippen LogP contribution in [0.3, 0.4) is 0 Å². The first-order valence-electron chi connectivity index (χ1n) is 6.85. The summed E-state index contributed by atoms with van der Waals surface area (Å²) in [6.07, 6.45) is 0.817. The molecule has 21 heavy (non-hydrogen) atoms. The number of nitrogens with zero attached hydrogens (tertiary/aromatic N) is 1. The summed E-state index contributed by atoms with van der Waals surface area (Å²) < 4.78 is 13.0. The highest BCUT2D eigenvalue weighted by Crippen LogP contribution is 2.33. The Morgan fingerprint density at radius 2 is 1.95 bits per heavy atom. The van der Waals surface area contributed by atoms with Crippen molar-refractivity contribution in [3.05, 3.63) is 35.6 Å². The average Bonchev–Trinajstić information content (AvgIpc) is 2.36. The lowest BCUT2D eigenvalue weighted by Gasteiger charge is -2.45. The van der Waals surface area contributed by atoms with Crippen LogP contribution in [0.15, 0.2) is 24.3 Å². The predicted molar refractivity (Wildman–Crippen MR) is 83.5 cm³/mol. The fraction of sp³-hybridized carbons (Fsp3) is 0.533. The van der Waals surface area contributed by atoms with E-state index in [1.54, 1.807) is 12.1 Å². The largest absolute Gasteiger partial charge is 0.368 e. The topological polar surface area (TPSA) is 72.3 Å². The minimum Gasteiger partial charge on any atom is -0.368 e. The number of halogens is 2. The molecule has 2 unspecified atom stereocenters.